The van der Waals surface area contributed by atoms with Crippen molar-refractivity contribution in [2.24, 2.45) is 5.73 Å². The van der Waals surface area contributed by atoms with E-state index >= 15 is 0 Å². The van der Waals surface area contributed by atoms with Crippen LogP contribution in [0.3, 0.4) is 0 Å². The third-order valence-corrected chi connectivity index (χ3v) is 1.52. The first kappa shape index (κ1) is 11.6. The van der Waals surface area contributed by atoms with E-state index in [4.69, 9.17) is 15.6 Å². The van der Waals surface area contributed by atoms with Crippen LogP contribution in [0.4, 0.5) is 0 Å². The highest BCUT2D eigenvalue weighted by atomic mass is 16.3. The van der Waals surface area contributed by atoms with E-state index in [1.54, 1.807) is 0 Å². The van der Waals surface area contributed by atoms with Gasteiger partial charge in [0.25, 0.3) is 6.47 Å². The molecule has 0 unspecified atom stereocenters. The Hall–Kier alpha value is -1.35. The number of carboxylic acid groups (broad SMARTS) is 1. The van der Waals surface area contributed by atoms with E-state index < -0.39 is 0 Å². The largest absolute Gasteiger partial charge is 0.483 e. The first-order valence-corrected chi connectivity index (χ1v) is 3.94. The van der Waals surface area contributed by atoms with E-state index in [1.165, 1.54) is 5.56 Å². The quantitative estimate of drug-likeness (QED) is 0.646. The number of nitrogens with two attached hydrogens (primary N) is 1. The maximum absolute atomic E-state index is 8.36. The fourth-order valence-corrected chi connectivity index (χ4v) is 0.868. The average molecular weight is 181 g/mol. The maximum Gasteiger partial charge on any atom is 0.290 e. The zero-order valence-electron chi connectivity index (χ0n) is 7.90. The van der Waals surface area contributed by atoms with Crippen LogP contribution in [-0.2, 0) is 10.3 Å². The lowest BCUT2D eigenvalue weighted by molar-refractivity contribution is -0.122. The topological polar surface area (TPSA) is 63.3 Å². The van der Waals surface area contributed by atoms with Crippen molar-refractivity contribution in [1.29, 1.82) is 0 Å². The molecule has 0 fully saturated rings. The van der Waals surface area contributed by atoms with E-state index in [-0.39, 0.29) is 12.0 Å². The summed E-state index contributed by atoms with van der Waals surface area (Å²) in [6.45, 7) is 3.75. The van der Waals surface area contributed by atoms with Gasteiger partial charge >= 0.3 is 0 Å². The summed E-state index contributed by atoms with van der Waals surface area (Å²) in [4.78, 5) is 8.36. The standard InChI is InChI=1S/C9H13N.CH2O2/c1-9(2,10)8-6-4-3-5-7-8;2-1-3/h3-7H,10H2,1-2H3;1H,(H,2,3). The molecule has 0 radical (unpaired) electrons. The van der Waals surface area contributed by atoms with Crippen molar-refractivity contribution in [1.82, 2.24) is 0 Å². The molecule has 0 spiro atoms. The molecule has 0 bridgehead atoms. The Balaban J connectivity index is 0.000000424. The number of benzene rings is 1. The van der Waals surface area contributed by atoms with Crippen LogP contribution >= 0.6 is 0 Å². The molecule has 1 aromatic rings. The van der Waals surface area contributed by atoms with Crippen LogP contribution in [0.15, 0.2) is 30.3 Å². The van der Waals surface area contributed by atoms with Crippen LogP contribution in [-0.4, -0.2) is 11.6 Å². The van der Waals surface area contributed by atoms with Gasteiger partial charge in [0.1, 0.15) is 0 Å². The zero-order valence-corrected chi connectivity index (χ0v) is 7.90. The third kappa shape index (κ3) is 4.98. The highest BCUT2D eigenvalue weighted by molar-refractivity contribution is 5.32. The van der Waals surface area contributed by atoms with Gasteiger partial charge in [0, 0.05) is 5.54 Å². The lowest BCUT2D eigenvalue weighted by atomic mass is 9.96. The normalized spacial score (nSPS) is 9.77. The van der Waals surface area contributed by atoms with Gasteiger partial charge in [-0.2, -0.15) is 0 Å². The molecule has 13 heavy (non-hydrogen) atoms. The van der Waals surface area contributed by atoms with Crippen LogP contribution in [0, 0.1) is 0 Å². The Morgan fingerprint density at radius 3 is 1.92 bits per heavy atom. The summed E-state index contributed by atoms with van der Waals surface area (Å²) in [5.41, 5.74) is 6.83. The molecule has 72 valence electrons. The summed E-state index contributed by atoms with van der Waals surface area (Å²) < 4.78 is 0. The van der Waals surface area contributed by atoms with Crippen molar-refractivity contribution in [3.05, 3.63) is 35.9 Å². The van der Waals surface area contributed by atoms with E-state index in [0.717, 1.165) is 0 Å². The lowest BCUT2D eigenvalue weighted by Gasteiger charge is -2.18. The molecule has 0 saturated carbocycles. The molecule has 0 aliphatic rings. The summed E-state index contributed by atoms with van der Waals surface area (Å²) >= 11 is 0. The second-order valence-electron chi connectivity index (χ2n) is 3.19. The molecule has 1 aromatic carbocycles. The second kappa shape index (κ2) is 5.32. The average Bonchev–Trinajstić information content (AvgIpc) is 2.06. The molecular formula is C10H15NO2. The summed E-state index contributed by atoms with van der Waals surface area (Å²) in [5.74, 6) is 0. The van der Waals surface area contributed by atoms with Gasteiger partial charge in [-0.25, -0.2) is 0 Å². The van der Waals surface area contributed by atoms with Crippen LogP contribution in [0.25, 0.3) is 0 Å². The lowest BCUT2D eigenvalue weighted by Crippen LogP contribution is -2.28. The molecule has 0 aliphatic heterocycles. The fourth-order valence-electron chi connectivity index (χ4n) is 0.868. The molecule has 3 N–H and O–H groups in total. The maximum atomic E-state index is 8.36. The molecular weight excluding hydrogens is 166 g/mol. The van der Waals surface area contributed by atoms with E-state index in [9.17, 15) is 0 Å². The fraction of sp³-hybridized carbons (Fsp3) is 0.300. The number of carbonyl (C=O) groups is 1. The monoisotopic (exact) mass is 181 g/mol. The van der Waals surface area contributed by atoms with E-state index in [1.807, 2.05) is 44.2 Å². The van der Waals surface area contributed by atoms with Gasteiger partial charge in [-0.05, 0) is 19.4 Å². The minimum Gasteiger partial charge on any atom is -0.483 e. The molecule has 0 aliphatic carbocycles. The molecule has 0 saturated heterocycles. The van der Waals surface area contributed by atoms with Crippen LogP contribution in [0.1, 0.15) is 19.4 Å². The summed E-state index contributed by atoms with van der Waals surface area (Å²) in [5, 5.41) is 6.89. The predicted molar refractivity (Wildman–Crippen MR) is 52.3 cm³/mol. The first-order valence-electron chi connectivity index (χ1n) is 3.94. The Morgan fingerprint density at radius 1 is 1.31 bits per heavy atom. The van der Waals surface area contributed by atoms with Crippen molar-refractivity contribution in [2.45, 2.75) is 19.4 Å². The number of hydrogen-bond acceptors (Lipinski definition) is 2. The summed E-state index contributed by atoms with van der Waals surface area (Å²) in [6.07, 6.45) is 0. The molecule has 3 heteroatoms. The molecule has 0 atom stereocenters. The van der Waals surface area contributed by atoms with E-state index in [2.05, 4.69) is 0 Å². The van der Waals surface area contributed by atoms with Gasteiger partial charge in [0.05, 0.1) is 0 Å². The van der Waals surface area contributed by atoms with Gasteiger partial charge in [0.2, 0.25) is 0 Å². The van der Waals surface area contributed by atoms with Gasteiger partial charge in [-0.1, -0.05) is 30.3 Å². The number of rotatable bonds is 1. The van der Waals surface area contributed by atoms with E-state index in [0.29, 0.717) is 0 Å². The Kier molecular flexibility index (Phi) is 4.77. The van der Waals surface area contributed by atoms with Crippen LogP contribution in [0.2, 0.25) is 0 Å². The van der Waals surface area contributed by atoms with Gasteiger partial charge in [0.15, 0.2) is 0 Å². The molecule has 3 nitrogen and oxygen atoms in total. The van der Waals surface area contributed by atoms with Gasteiger partial charge < -0.3 is 10.8 Å². The van der Waals surface area contributed by atoms with Crippen molar-refractivity contribution < 1.29 is 9.90 Å². The highest BCUT2D eigenvalue weighted by Gasteiger charge is 2.11. The smallest absolute Gasteiger partial charge is 0.290 e. The summed E-state index contributed by atoms with van der Waals surface area (Å²) in [7, 11) is 0. The zero-order chi connectivity index (χ0) is 10.3. The molecule has 0 amide bonds. The minimum absolute atomic E-state index is 0.207. The SMILES string of the molecule is CC(C)(N)c1ccccc1.O=CO. The van der Waals surface area contributed by atoms with Crippen molar-refractivity contribution in [3.8, 4) is 0 Å². The van der Waals surface area contributed by atoms with Gasteiger partial charge in [-0.15, -0.1) is 0 Å². The second-order valence-corrected chi connectivity index (χ2v) is 3.19. The van der Waals surface area contributed by atoms with Crippen molar-refractivity contribution in [3.63, 3.8) is 0 Å². The molecule has 1 rings (SSSR count). The van der Waals surface area contributed by atoms with Crippen LogP contribution < -0.4 is 5.73 Å². The first-order chi connectivity index (χ1) is 6.02. The predicted octanol–water partition coefficient (Wildman–Crippen LogP) is 1.58. The number of hydrogen-bond donors (Lipinski definition) is 2. The van der Waals surface area contributed by atoms with Crippen molar-refractivity contribution in [2.75, 3.05) is 0 Å². The Morgan fingerprint density at radius 2 is 1.69 bits per heavy atom. The Labute approximate surface area is 78.2 Å². The highest BCUT2D eigenvalue weighted by Crippen LogP contribution is 2.14. The minimum atomic E-state index is -0.250. The third-order valence-electron chi connectivity index (χ3n) is 1.52. The van der Waals surface area contributed by atoms with Crippen molar-refractivity contribution >= 4 is 6.47 Å². The summed E-state index contributed by atoms with van der Waals surface area (Å²) in [6, 6.07) is 10.1. The molecule has 0 aromatic heterocycles. The Bertz CT molecular complexity index is 239. The van der Waals surface area contributed by atoms with Crippen LogP contribution in [0.5, 0.6) is 0 Å². The molecule has 0 heterocycles. The van der Waals surface area contributed by atoms with Gasteiger partial charge in [-0.3, -0.25) is 4.79 Å².